The fraction of sp³-hybridized carbons (Fsp3) is 0.421. The zero-order valence-electron chi connectivity index (χ0n) is 15.4. The van der Waals surface area contributed by atoms with Crippen molar-refractivity contribution in [3.63, 3.8) is 0 Å². The summed E-state index contributed by atoms with van der Waals surface area (Å²) in [5.74, 6) is -0.274. The largest absolute Gasteiger partial charge is 0.321 e. The van der Waals surface area contributed by atoms with Crippen LogP contribution in [-0.4, -0.2) is 28.1 Å². The van der Waals surface area contributed by atoms with Gasteiger partial charge >= 0.3 is 0 Å². The van der Waals surface area contributed by atoms with Gasteiger partial charge in [0.25, 0.3) is 0 Å². The Morgan fingerprint density at radius 2 is 1.92 bits per heavy atom. The molecule has 3 rings (SSSR count). The lowest BCUT2D eigenvalue weighted by atomic mass is 9.86. The van der Waals surface area contributed by atoms with Gasteiger partial charge in [0.05, 0.1) is 22.5 Å². The van der Waals surface area contributed by atoms with Crippen LogP contribution in [0.25, 0.3) is 0 Å². The number of benzene rings is 1. The van der Waals surface area contributed by atoms with Gasteiger partial charge in [-0.2, -0.15) is 5.10 Å². The number of amides is 2. The molecule has 1 aromatic heterocycles. The van der Waals surface area contributed by atoms with Crippen molar-refractivity contribution in [2.24, 2.45) is 0 Å². The monoisotopic (exact) mass is 340 g/mol. The van der Waals surface area contributed by atoms with E-state index in [1.807, 2.05) is 63.6 Å². The molecule has 1 N–H and O–H groups in total. The van der Waals surface area contributed by atoms with Crippen LogP contribution in [0.3, 0.4) is 0 Å². The number of hydrogen-bond donors (Lipinski definition) is 1. The highest BCUT2D eigenvalue weighted by Crippen LogP contribution is 2.41. The Kier molecular flexibility index (Phi) is 4.14. The molecule has 1 aromatic carbocycles. The predicted octanol–water partition coefficient (Wildman–Crippen LogP) is 2.78. The maximum absolute atomic E-state index is 12.8. The van der Waals surface area contributed by atoms with Crippen LogP contribution in [0.2, 0.25) is 0 Å². The van der Waals surface area contributed by atoms with Crippen molar-refractivity contribution in [3.8, 4) is 0 Å². The zero-order chi connectivity index (χ0) is 18.4. The molecule has 0 fully saturated rings. The number of aryl methyl sites for hydroxylation is 2. The van der Waals surface area contributed by atoms with Crippen LogP contribution in [0.15, 0.2) is 24.3 Å². The Labute approximate surface area is 147 Å². The average molecular weight is 340 g/mol. The summed E-state index contributed by atoms with van der Waals surface area (Å²) >= 11 is 0. The van der Waals surface area contributed by atoms with E-state index in [2.05, 4.69) is 10.4 Å². The molecular formula is C19H24N4O2. The summed E-state index contributed by atoms with van der Waals surface area (Å²) in [4.78, 5) is 26.9. The number of carbonyl (C=O) groups excluding carboxylic acids is 2. The highest BCUT2D eigenvalue weighted by molar-refractivity contribution is 6.11. The molecule has 0 saturated heterocycles. The first-order valence-corrected chi connectivity index (χ1v) is 8.52. The molecule has 0 bridgehead atoms. The third-order valence-corrected chi connectivity index (χ3v) is 4.90. The first kappa shape index (κ1) is 17.2. The van der Waals surface area contributed by atoms with Crippen molar-refractivity contribution in [1.82, 2.24) is 9.78 Å². The summed E-state index contributed by atoms with van der Waals surface area (Å²) in [5.41, 5.74) is 3.58. The summed E-state index contributed by atoms with van der Waals surface area (Å²) in [7, 11) is 0. The first-order valence-electron chi connectivity index (χ1n) is 8.52. The summed E-state index contributed by atoms with van der Waals surface area (Å²) < 4.78 is 1.85. The van der Waals surface area contributed by atoms with E-state index < -0.39 is 5.41 Å². The van der Waals surface area contributed by atoms with Crippen LogP contribution < -0.4 is 10.2 Å². The Morgan fingerprint density at radius 3 is 2.56 bits per heavy atom. The molecule has 0 unspecified atom stereocenters. The normalized spacial score (nSPS) is 15.4. The molecule has 2 heterocycles. The van der Waals surface area contributed by atoms with Gasteiger partial charge < -0.3 is 10.2 Å². The van der Waals surface area contributed by atoms with Crippen molar-refractivity contribution in [2.45, 2.75) is 46.6 Å². The number of rotatable bonds is 4. The molecule has 6 nitrogen and oxygen atoms in total. The van der Waals surface area contributed by atoms with Gasteiger partial charge in [0, 0.05) is 12.2 Å². The molecule has 0 spiro atoms. The number of hydrogen-bond acceptors (Lipinski definition) is 3. The van der Waals surface area contributed by atoms with Gasteiger partial charge in [-0.1, -0.05) is 18.2 Å². The minimum atomic E-state index is -0.615. The number of nitrogens with one attached hydrogen (secondary N) is 1. The van der Waals surface area contributed by atoms with Gasteiger partial charge in [-0.25, -0.2) is 0 Å². The SMILES string of the molecule is CCn1nc(C)c(NC(=O)CN2C(=O)C(C)(C)c3ccccc32)c1C. The zero-order valence-corrected chi connectivity index (χ0v) is 15.4. The molecule has 0 atom stereocenters. The molecule has 0 aliphatic carbocycles. The minimum Gasteiger partial charge on any atom is -0.321 e. The smallest absolute Gasteiger partial charge is 0.244 e. The Balaban J connectivity index is 1.83. The van der Waals surface area contributed by atoms with E-state index in [4.69, 9.17) is 0 Å². The maximum atomic E-state index is 12.8. The molecule has 6 heteroatoms. The summed E-state index contributed by atoms with van der Waals surface area (Å²) in [5, 5.41) is 7.33. The number of anilines is 2. The second-order valence-corrected chi connectivity index (χ2v) is 6.94. The van der Waals surface area contributed by atoms with Crippen LogP contribution in [0.5, 0.6) is 0 Å². The number of para-hydroxylation sites is 1. The fourth-order valence-corrected chi connectivity index (χ4v) is 3.46. The molecule has 2 amide bonds. The van der Waals surface area contributed by atoms with Gasteiger partial charge in [-0.05, 0) is 46.2 Å². The van der Waals surface area contributed by atoms with E-state index in [9.17, 15) is 9.59 Å². The molecule has 1 aliphatic rings. The quantitative estimate of drug-likeness (QED) is 0.930. The van der Waals surface area contributed by atoms with Crippen molar-refractivity contribution in [2.75, 3.05) is 16.8 Å². The lowest BCUT2D eigenvalue weighted by Crippen LogP contribution is -2.40. The number of nitrogens with zero attached hydrogens (tertiary/aromatic N) is 3. The highest BCUT2D eigenvalue weighted by atomic mass is 16.2. The van der Waals surface area contributed by atoms with E-state index in [0.717, 1.165) is 34.9 Å². The van der Waals surface area contributed by atoms with Gasteiger partial charge in [-0.15, -0.1) is 0 Å². The average Bonchev–Trinajstić information content (AvgIpc) is 2.95. The van der Waals surface area contributed by atoms with E-state index >= 15 is 0 Å². The van der Waals surface area contributed by atoms with Gasteiger partial charge in [-0.3, -0.25) is 14.3 Å². The molecule has 132 valence electrons. The summed E-state index contributed by atoms with van der Waals surface area (Å²) in [6, 6.07) is 7.65. The predicted molar refractivity (Wildman–Crippen MR) is 97.8 cm³/mol. The molecule has 1 aliphatic heterocycles. The van der Waals surface area contributed by atoms with E-state index in [1.54, 1.807) is 4.90 Å². The van der Waals surface area contributed by atoms with Gasteiger partial charge in [0.1, 0.15) is 6.54 Å². The Bertz CT molecular complexity index is 851. The number of aromatic nitrogens is 2. The topological polar surface area (TPSA) is 67.2 Å². The van der Waals surface area contributed by atoms with Gasteiger partial charge in [0.2, 0.25) is 11.8 Å². The maximum Gasteiger partial charge on any atom is 0.244 e. The molecule has 0 saturated carbocycles. The third kappa shape index (κ3) is 2.71. The minimum absolute atomic E-state index is 0.00450. The molecule has 0 radical (unpaired) electrons. The first-order chi connectivity index (χ1) is 11.8. The number of fused-ring (bicyclic) bond motifs is 1. The van der Waals surface area contributed by atoms with Crippen molar-refractivity contribution in [1.29, 1.82) is 0 Å². The summed E-state index contributed by atoms with van der Waals surface area (Å²) in [6.07, 6.45) is 0. The van der Waals surface area contributed by atoms with Crippen LogP contribution >= 0.6 is 0 Å². The molecule has 2 aromatic rings. The Hall–Kier alpha value is -2.63. The highest BCUT2D eigenvalue weighted by Gasteiger charge is 2.44. The van der Waals surface area contributed by atoms with Crippen molar-refractivity contribution < 1.29 is 9.59 Å². The van der Waals surface area contributed by atoms with Crippen molar-refractivity contribution >= 4 is 23.2 Å². The van der Waals surface area contributed by atoms with Gasteiger partial charge in [0.15, 0.2) is 0 Å². The second-order valence-electron chi connectivity index (χ2n) is 6.94. The molecular weight excluding hydrogens is 316 g/mol. The Morgan fingerprint density at radius 1 is 1.24 bits per heavy atom. The number of carbonyl (C=O) groups is 2. The van der Waals surface area contributed by atoms with Crippen LogP contribution in [-0.2, 0) is 21.5 Å². The van der Waals surface area contributed by atoms with Crippen LogP contribution in [0.4, 0.5) is 11.4 Å². The van der Waals surface area contributed by atoms with Crippen LogP contribution in [0.1, 0.15) is 37.7 Å². The van der Waals surface area contributed by atoms with E-state index in [0.29, 0.717) is 0 Å². The van der Waals surface area contributed by atoms with E-state index in [-0.39, 0.29) is 18.4 Å². The second kappa shape index (κ2) is 6.02. The van der Waals surface area contributed by atoms with Crippen LogP contribution in [0, 0.1) is 13.8 Å². The fourth-order valence-electron chi connectivity index (χ4n) is 3.46. The molecule has 25 heavy (non-hydrogen) atoms. The van der Waals surface area contributed by atoms with E-state index in [1.165, 1.54) is 0 Å². The lowest BCUT2D eigenvalue weighted by molar-refractivity contribution is -0.124. The standard InChI is InChI=1S/C19H24N4O2/c1-6-23-13(3)17(12(2)21-23)20-16(24)11-22-15-10-8-7-9-14(15)19(4,5)18(22)25/h7-10H,6,11H2,1-5H3,(H,20,24). The third-order valence-electron chi connectivity index (χ3n) is 4.90. The summed E-state index contributed by atoms with van der Waals surface area (Å²) in [6.45, 7) is 10.3. The van der Waals surface area contributed by atoms with Crippen molar-refractivity contribution in [3.05, 3.63) is 41.2 Å². The lowest BCUT2D eigenvalue weighted by Gasteiger charge is -2.20.